The lowest BCUT2D eigenvalue weighted by Crippen LogP contribution is -2.40. The molecule has 1 fully saturated rings. The smallest absolute Gasteiger partial charge is 0.134 e. The van der Waals surface area contributed by atoms with Crippen molar-refractivity contribution >= 4 is 17.5 Å². The van der Waals surface area contributed by atoms with Crippen LogP contribution in [-0.2, 0) is 13.2 Å². The molecule has 5 rings (SSSR count). The summed E-state index contributed by atoms with van der Waals surface area (Å²) >= 11 is 0. The molecule has 0 aliphatic carbocycles. The zero-order valence-corrected chi connectivity index (χ0v) is 23.2. The first-order valence-electron chi connectivity index (χ1n) is 14.2. The molecule has 0 spiro atoms. The lowest BCUT2D eigenvalue weighted by atomic mass is 9.94. The van der Waals surface area contributed by atoms with Crippen LogP contribution in [0.2, 0.25) is 0 Å². The minimum atomic E-state index is -0.402. The Balaban J connectivity index is 1.28. The Bertz CT molecular complexity index is 1350. The molecular formula is C31H40FN7. The van der Waals surface area contributed by atoms with Crippen molar-refractivity contribution < 1.29 is 4.39 Å². The highest BCUT2D eigenvalue weighted by molar-refractivity contribution is 5.96. The molecule has 0 radical (unpaired) electrons. The summed E-state index contributed by atoms with van der Waals surface area (Å²) in [5.41, 5.74) is 12.7. The van der Waals surface area contributed by atoms with Crippen molar-refractivity contribution in [2.45, 2.75) is 71.6 Å². The second kappa shape index (κ2) is 12.2. The van der Waals surface area contributed by atoms with E-state index < -0.39 is 5.82 Å². The van der Waals surface area contributed by atoms with E-state index in [1.54, 1.807) is 12.3 Å². The summed E-state index contributed by atoms with van der Waals surface area (Å²) < 4.78 is 16.9. The topological polar surface area (TPSA) is 84.4 Å². The fraction of sp³-hybridized carbons (Fsp3) is 0.452. The van der Waals surface area contributed by atoms with E-state index in [2.05, 4.69) is 33.8 Å². The SMILES string of the molecule is C=C(C)c1cc(-c2ncc(-c3cnn(CNCCC(CCC)N4CCCCC4)c3)c3c2C=NC3)c(F)cc1N. The summed E-state index contributed by atoms with van der Waals surface area (Å²) in [4.78, 5) is 11.9. The molecule has 2 aliphatic rings. The molecule has 8 heteroatoms. The van der Waals surface area contributed by atoms with E-state index in [0.717, 1.165) is 46.4 Å². The molecular weight excluding hydrogens is 489 g/mol. The number of halogens is 1. The first-order chi connectivity index (χ1) is 19.0. The predicted molar refractivity (Wildman–Crippen MR) is 158 cm³/mol. The van der Waals surface area contributed by atoms with Crippen LogP contribution in [0.15, 0.2) is 42.3 Å². The van der Waals surface area contributed by atoms with Gasteiger partial charge in [0.25, 0.3) is 0 Å². The number of hydrogen-bond donors (Lipinski definition) is 2. The Morgan fingerprint density at radius 3 is 2.74 bits per heavy atom. The van der Waals surface area contributed by atoms with Gasteiger partial charge in [-0.05, 0) is 75.5 Å². The third kappa shape index (κ3) is 5.97. The first-order valence-corrected chi connectivity index (χ1v) is 14.2. The van der Waals surface area contributed by atoms with Crippen molar-refractivity contribution in [1.29, 1.82) is 0 Å². The average Bonchev–Trinajstić information content (AvgIpc) is 3.61. The van der Waals surface area contributed by atoms with Crippen LogP contribution >= 0.6 is 0 Å². The number of anilines is 1. The number of nitrogens with two attached hydrogens (primary N) is 1. The number of nitrogen functional groups attached to an aromatic ring is 1. The van der Waals surface area contributed by atoms with E-state index in [9.17, 15) is 0 Å². The van der Waals surface area contributed by atoms with E-state index in [4.69, 9.17) is 10.7 Å². The second-order valence-corrected chi connectivity index (χ2v) is 10.8. The van der Waals surface area contributed by atoms with Gasteiger partial charge in [-0.15, -0.1) is 0 Å². The van der Waals surface area contributed by atoms with Crippen LogP contribution in [0.5, 0.6) is 0 Å². The Morgan fingerprint density at radius 1 is 1.15 bits per heavy atom. The summed E-state index contributed by atoms with van der Waals surface area (Å²) in [6.07, 6.45) is 15.2. The van der Waals surface area contributed by atoms with Crippen molar-refractivity contribution in [3.8, 4) is 22.4 Å². The van der Waals surface area contributed by atoms with Gasteiger partial charge in [0.15, 0.2) is 0 Å². The standard InChI is InChI=1S/C31H40FN7/c1-4-8-23(38-11-6-5-7-12-38)9-10-34-20-39-19-22(15-37-39)26-18-36-31(28-17-35-16-27(26)28)25-13-24(21(2)3)30(33)14-29(25)32/h13-15,17-19,23,34H,2,4-12,16,20,33H2,1,3H3. The van der Waals surface area contributed by atoms with Gasteiger partial charge in [0.05, 0.1) is 25.1 Å². The van der Waals surface area contributed by atoms with Crippen molar-refractivity contribution in [2.75, 3.05) is 25.4 Å². The molecule has 2 aliphatic heterocycles. The van der Waals surface area contributed by atoms with Crippen molar-refractivity contribution in [3.05, 3.63) is 59.8 Å². The van der Waals surface area contributed by atoms with E-state index in [1.807, 2.05) is 30.2 Å². The third-order valence-electron chi connectivity index (χ3n) is 7.95. The number of nitrogens with zero attached hydrogens (tertiary/aromatic N) is 5. The fourth-order valence-electron chi connectivity index (χ4n) is 5.88. The molecule has 0 amide bonds. The van der Waals surface area contributed by atoms with Crippen molar-refractivity contribution in [3.63, 3.8) is 0 Å². The molecule has 3 N–H and O–H groups in total. The Morgan fingerprint density at radius 2 is 1.97 bits per heavy atom. The molecule has 4 heterocycles. The van der Waals surface area contributed by atoms with Gasteiger partial charge in [-0.3, -0.25) is 20.0 Å². The Hall–Kier alpha value is -3.36. The Kier molecular flexibility index (Phi) is 8.53. The molecule has 2 aromatic heterocycles. The summed E-state index contributed by atoms with van der Waals surface area (Å²) in [5.74, 6) is -0.402. The van der Waals surface area contributed by atoms with Crippen LogP contribution < -0.4 is 11.1 Å². The number of pyridine rings is 1. The van der Waals surface area contributed by atoms with Crippen LogP contribution in [0, 0.1) is 5.82 Å². The molecule has 3 aromatic rings. The van der Waals surface area contributed by atoms with Gasteiger partial charge in [0.2, 0.25) is 0 Å². The van der Waals surface area contributed by atoms with Crippen LogP contribution in [-0.4, -0.2) is 51.6 Å². The molecule has 0 bridgehead atoms. The van der Waals surface area contributed by atoms with Gasteiger partial charge in [0, 0.05) is 58.2 Å². The van der Waals surface area contributed by atoms with E-state index in [1.165, 1.54) is 51.3 Å². The number of rotatable bonds is 11. The highest BCUT2D eigenvalue weighted by atomic mass is 19.1. The number of fused-ring (bicyclic) bond motifs is 1. The molecule has 1 atom stereocenters. The molecule has 39 heavy (non-hydrogen) atoms. The number of aromatic nitrogens is 3. The number of allylic oxidation sites excluding steroid dienone is 1. The second-order valence-electron chi connectivity index (χ2n) is 10.8. The lowest BCUT2D eigenvalue weighted by Gasteiger charge is -2.34. The van der Waals surface area contributed by atoms with E-state index in [0.29, 0.717) is 36.2 Å². The highest BCUT2D eigenvalue weighted by Crippen LogP contribution is 2.36. The maximum Gasteiger partial charge on any atom is 0.134 e. The van der Waals surface area contributed by atoms with Gasteiger partial charge in [-0.1, -0.05) is 26.3 Å². The largest absolute Gasteiger partial charge is 0.398 e. The molecule has 1 unspecified atom stereocenters. The Labute approximate surface area is 231 Å². The number of likely N-dealkylation sites (tertiary alicyclic amines) is 1. The van der Waals surface area contributed by atoms with Crippen LogP contribution in [0.1, 0.15) is 69.1 Å². The zero-order chi connectivity index (χ0) is 27.4. The van der Waals surface area contributed by atoms with Gasteiger partial charge < -0.3 is 10.6 Å². The number of benzene rings is 1. The zero-order valence-electron chi connectivity index (χ0n) is 23.2. The quantitative estimate of drug-likeness (QED) is 0.239. The third-order valence-corrected chi connectivity index (χ3v) is 7.95. The van der Waals surface area contributed by atoms with E-state index >= 15 is 4.39 Å². The fourth-order valence-corrected chi connectivity index (χ4v) is 5.88. The molecule has 0 saturated carbocycles. The minimum Gasteiger partial charge on any atom is -0.398 e. The lowest BCUT2D eigenvalue weighted by molar-refractivity contribution is 0.146. The summed E-state index contributed by atoms with van der Waals surface area (Å²) in [5, 5.41) is 8.16. The average molecular weight is 530 g/mol. The summed E-state index contributed by atoms with van der Waals surface area (Å²) in [7, 11) is 0. The molecule has 7 nitrogen and oxygen atoms in total. The maximum absolute atomic E-state index is 15.0. The van der Waals surface area contributed by atoms with E-state index in [-0.39, 0.29) is 0 Å². The number of hydrogen-bond acceptors (Lipinski definition) is 6. The normalized spacial score (nSPS) is 16.0. The number of nitrogens with one attached hydrogen (secondary N) is 1. The maximum atomic E-state index is 15.0. The van der Waals surface area contributed by atoms with Gasteiger partial charge in [0.1, 0.15) is 5.82 Å². The number of piperidine rings is 1. The monoisotopic (exact) mass is 529 g/mol. The first kappa shape index (κ1) is 27.2. The summed E-state index contributed by atoms with van der Waals surface area (Å²) in [6, 6.07) is 3.75. The van der Waals surface area contributed by atoms with Crippen LogP contribution in [0.25, 0.3) is 28.0 Å². The molecule has 206 valence electrons. The highest BCUT2D eigenvalue weighted by Gasteiger charge is 2.23. The van der Waals surface area contributed by atoms with Gasteiger partial charge >= 0.3 is 0 Å². The van der Waals surface area contributed by atoms with Crippen molar-refractivity contribution in [1.82, 2.24) is 25.0 Å². The predicted octanol–water partition coefficient (Wildman–Crippen LogP) is 5.89. The number of aliphatic imine (C=N–C) groups is 1. The van der Waals surface area contributed by atoms with Gasteiger partial charge in [-0.2, -0.15) is 5.10 Å². The van der Waals surface area contributed by atoms with Crippen LogP contribution in [0.3, 0.4) is 0 Å². The summed E-state index contributed by atoms with van der Waals surface area (Å²) in [6.45, 7) is 12.8. The molecule has 1 saturated heterocycles. The molecule has 1 aromatic carbocycles. The minimum absolute atomic E-state index is 0.374. The van der Waals surface area contributed by atoms with Crippen molar-refractivity contribution in [2.24, 2.45) is 4.99 Å². The van der Waals surface area contributed by atoms with Crippen LogP contribution in [0.4, 0.5) is 10.1 Å². The van der Waals surface area contributed by atoms with Gasteiger partial charge in [-0.25, -0.2) is 4.39 Å².